The van der Waals surface area contributed by atoms with Gasteiger partial charge in [-0.1, -0.05) is 12.1 Å². The van der Waals surface area contributed by atoms with Gasteiger partial charge in [0.2, 0.25) is 5.91 Å². The zero-order chi connectivity index (χ0) is 20.5. The van der Waals surface area contributed by atoms with Gasteiger partial charge in [0.15, 0.2) is 0 Å². The molecule has 2 heterocycles. The molecule has 2 aromatic carbocycles. The first-order valence-electron chi connectivity index (χ1n) is 10.2. The number of rotatable bonds is 4. The van der Waals surface area contributed by atoms with Crippen molar-refractivity contribution in [3.8, 4) is 5.75 Å². The average Bonchev–Trinajstić information content (AvgIpc) is 3.06. The van der Waals surface area contributed by atoms with Crippen molar-refractivity contribution in [2.45, 2.75) is 44.4 Å². The molecule has 4 rings (SSSR count). The topological polar surface area (TPSA) is 46.5 Å². The minimum Gasteiger partial charge on any atom is -0.593 e. The molecule has 1 amide bonds. The van der Waals surface area contributed by atoms with Crippen molar-refractivity contribution in [2.24, 2.45) is 0 Å². The minimum atomic E-state index is -1.03. The molecule has 0 aromatic heterocycles. The molecule has 0 saturated carbocycles. The summed E-state index contributed by atoms with van der Waals surface area (Å²) >= 11 is 0. The van der Waals surface area contributed by atoms with E-state index in [-0.39, 0.29) is 30.2 Å². The van der Waals surface area contributed by atoms with Crippen LogP contribution in [0.25, 0.3) is 0 Å². The molecule has 2 saturated heterocycles. The van der Waals surface area contributed by atoms with E-state index >= 15 is 0 Å². The van der Waals surface area contributed by atoms with Gasteiger partial charge in [-0.15, -0.1) is 0 Å². The summed E-state index contributed by atoms with van der Waals surface area (Å²) in [4.78, 5) is 16.6. The molecule has 3 atom stereocenters. The lowest BCUT2D eigenvalue weighted by Crippen LogP contribution is -2.49. The average molecular weight is 401 g/mol. The van der Waals surface area contributed by atoms with Gasteiger partial charge in [0.1, 0.15) is 12.0 Å². The van der Waals surface area contributed by atoms with E-state index < -0.39 is 6.17 Å². The number of hydrogen-bond acceptors (Lipinski definition) is 2. The number of benzene rings is 2. The molecule has 0 aliphatic carbocycles. The molecule has 154 valence electrons. The molecule has 2 aromatic rings. The Labute approximate surface area is 169 Å². The predicted octanol–water partition coefficient (Wildman–Crippen LogP) is 3.50. The molecule has 29 heavy (non-hydrogen) atoms. The van der Waals surface area contributed by atoms with E-state index in [9.17, 15) is 13.6 Å². The molecule has 2 fully saturated rings. The third kappa shape index (κ3) is 4.13. The largest absolute Gasteiger partial charge is 0.593 e. The summed E-state index contributed by atoms with van der Waals surface area (Å²) in [6, 6.07) is 11.8. The van der Waals surface area contributed by atoms with Gasteiger partial charge >= 0.3 is 0 Å². The second-order valence-electron chi connectivity index (χ2n) is 8.18. The minimum absolute atomic E-state index is 0.00944. The molecule has 2 N–H and O–H groups in total. The van der Waals surface area contributed by atoms with Crippen LogP contribution >= 0.6 is 0 Å². The fourth-order valence-corrected chi connectivity index (χ4v) is 4.49. The number of halogens is 2. The molecule has 0 radical (unpaired) electrons. The van der Waals surface area contributed by atoms with Gasteiger partial charge in [-0.2, -0.15) is 0 Å². The molecular formula is C23H27F2N2O2+. The van der Waals surface area contributed by atoms with Crippen molar-refractivity contribution >= 4 is 5.91 Å². The monoisotopic (exact) mass is 401 g/mol. The summed E-state index contributed by atoms with van der Waals surface area (Å²) in [7, 11) is 0. The Morgan fingerprint density at radius 3 is 2.55 bits per heavy atom. The maximum Gasteiger partial charge on any atom is 0.253 e. The molecule has 4 nitrogen and oxygen atoms in total. The SMILES string of the molecule is Cc1ccc(CN2CC[C@@H](N3CC[C@H](c4ccc([OH2+])cc4)[C@@H](F)C3)C2=O)cc1F. The van der Waals surface area contributed by atoms with Crippen LogP contribution in [0.5, 0.6) is 5.75 Å². The van der Waals surface area contributed by atoms with Crippen LogP contribution < -0.4 is 0 Å². The van der Waals surface area contributed by atoms with Gasteiger partial charge in [-0.3, -0.25) is 9.69 Å². The summed E-state index contributed by atoms with van der Waals surface area (Å²) < 4.78 is 28.7. The van der Waals surface area contributed by atoms with E-state index in [2.05, 4.69) is 0 Å². The number of carbonyl (C=O) groups excluding carboxylic acids is 1. The van der Waals surface area contributed by atoms with E-state index in [0.29, 0.717) is 43.8 Å². The molecule has 0 bridgehead atoms. The highest BCUT2D eigenvalue weighted by Gasteiger charge is 2.40. The summed E-state index contributed by atoms with van der Waals surface area (Å²) in [5.41, 5.74) is 2.30. The summed E-state index contributed by atoms with van der Waals surface area (Å²) in [6.07, 6.45) is 0.303. The van der Waals surface area contributed by atoms with Gasteiger partial charge in [0.05, 0.1) is 6.04 Å². The van der Waals surface area contributed by atoms with Gasteiger partial charge in [0, 0.05) is 37.7 Å². The number of amides is 1. The standard InChI is InChI=1S/C23H26F2N2O2/c1-15-2-3-16(12-20(15)24)13-27-11-9-22(23(27)29)26-10-8-19(21(25)14-26)17-4-6-18(28)7-5-17/h2-7,12,19,21-22,28H,8-11,13-14H2,1H3/p+1/t19-,21+,22-/m1/s1. The summed E-state index contributed by atoms with van der Waals surface area (Å²) in [5, 5.41) is 7.58. The first kappa shape index (κ1) is 19.8. The Balaban J connectivity index is 1.38. The molecule has 2 aliphatic heterocycles. The number of aryl methyl sites for hydroxylation is 1. The van der Waals surface area contributed by atoms with Crippen LogP contribution in [0.2, 0.25) is 0 Å². The van der Waals surface area contributed by atoms with E-state index in [4.69, 9.17) is 5.11 Å². The van der Waals surface area contributed by atoms with Crippen molar-refractivity contribution in [1.82, 2.24) is 9.80 Å². The van der Waals surface area contributed by atoms with Crippen molar-refractivity contribution in [2.75, 3.05) is 19.6 Å². The zero-order valence-electron chi connectivity index (χ0n) is 16.6. The number of hydrogen-bond donors (Lipinski definition) is 0. The van der Waals surface area contributed by atoms with E-state index in [1.54, 1.807) is 30.0 Å². The Bertz CT molecular complexity index is 887. The van der Waals surface area contributed by atoms with Gasteiger partial charge < -0.3 is 10.0 Å². The van der Waals surface area contributed by atoms with E-state index in [1.165, 1.54) is 6.07 Å². The van der Waals surface area contributed by atoms with Gasteiger partial charge in [-0.05, 0) is 61.2 Å². The lowest BCUT2D eigenvalue weighted by molar-refractivity contribution is -0.133. The van der Waals surface area contributed by atoms with Crippen LogP contribution in [0.15, 0.2) is 42.5 Å². The number of alkyl halides is 1. The highest BCUT2D eigenvalue weighted by Crippen LogP contribution is 2.33. The Kier molecular flexibility index (Phi) is 5.54. The number of nitrogens with zero attached hydrogens (tertiary/aromatic N) is 2. The Morgan fingerprint density at radius 2 is 1.86 bits per heavy atom. The quantitative estimate of drug-likeness (QED) is 0.736. The molecule has 0 spiro atoms. The maximum atomic E-state index is 14.9. The van der Waals surface area contributed by atoms with E-state index in [0.717, 1.165) is 11.1 Å². The van der Waals surface area contributed by atoms with Crippen LogP contribution in [0, 0.1) is 12.7 Å². The maximum absolute atomic E-state index is 14.9. The second-order valence-corrected chi connectivity index (χ2v) is 8.18. The molecule has 2 aliphatic rings. The first-order valence-corrected chi connectivity index (χ1v) is 10.2. The smallest absolute Gasteiger partial charge is 0.253 e. The normalized spacial score (nSPS) is 25.6. The van der Waals surface area contributed by atoms with Crippen LogP contribution in [-0.4, -0.2) is 52.7 Å². The van der Waals surface area contributed by atoms with Crippen LogP contribution in [0.4, 0.5) is 8.78 Å². The highest BCUT2D eigenvalue weighted by atomic mass is 19.1. The molecule has 6 heteroatoms. The summed E-state index contributed by atoms with van der Waals surface area (Å²) in [6.45, 7) is 3.64. The predicted molar refractivity (Wildman–Crippen MR) is 108 cm³/mol. The number of carbonyl (C=O) groups is 1. The lowest BCUT2D eigenvalue weighted by atomic mass is 9.87. The van der Waals surface area contributed by atoms with Crippen LogP contribution in [-0.2, 0) is 11.3 Å². The molecular weight excluding hydrogens is 374 g/mol. The summed E-state index contributed by atoms with van der Waals surface area (Å²) in [5.74, 6) is -0.0108. The third-order valence-corrected chi connectivity index (χ3v) is 6.23. The van der Waals surface area contributed by atoms with Crippen LogP contribution in [0.1, 0.15) is 35.4 Å². The van der Waals surface area contributed by atoms with Crippen molar-refractivity contribution < 1.29 is 18.7 Å². The lowest BCUT2D eigenvalue weighted by Gasteiger charge is -2.37. The fraction of sp³-hybridized carbons (Fsp3) is 0.435. The number of likely N-dealkylation sites (tertiary alicyclic amines) is 2. The highest BCUT2D eigenvalue weighted by molar-refractivity contribution is 5.84. The number of piperidine rings is 1. The zero-order valence-corrected chi connectivity index (χ0v) is 16.6. The van der Waals surface area contributed by atoms with Crippen molar-refractivity contribution in [1.29, 1.82) is 0 Å². The fourth-order valence-electron chi connectivity index (χ4n) is 4.49. The Morgan fingerprint density at radius 1 is 1.10 bits per heavy atom. The van der Waals surface area contributed by atoms with E-state index in [1.807, 2.05) is 23.1 Å². The van der Waals surface area contributed by atoms with Crippen molar-refractivity contribution in [3.05, 3.63) is 65.0 Å². The first-order chi connectivity index (χ1) is 13.9. The Hall–Kier alpha value is -2.47. The molecule has 0 unspecified atom stereocenters. The van der Waals surface area contributed by atoms with Crippen LogP contribution in [0.3, 0.4) is 0 Å². The second kappa shape index (κ2) is 8.11. The third-order valence-electron chi connectivity index (χ3n) is 6.23. The van der Waals surface area contributed by atoms with Gasteiger partial charge in [-0.25, -0.2) is 8.78 Å². The van der Waals surface area contributed by atoms with Gasteiger partial charge in [0.25, 0.3) is 5.75 Å². The van der Waals surface area contributed by atoms with Crippen molar-refractivity contribution in [3.63, 3.8) is 0 Å².